The van der Waals surface area contributed by atoms with Gasteiger partial charge in [0.2, 0.25) is 0 Å². The molecule has 0 amide bonds. The molecule has 6 rings (SSSR count). The number of hydrogen-bond donors (Lipinski definition) is 1. The maximum absolute atomic E-state index is 14.4. The van der Waals surface area contributed by atoms with Crippen molar-refractivity contribution in [3.8, 4) is 22.3 Å². The van der Waals surface area contributed by atoms with E-state index in [2.05, 4.69) is 114 Å². The van der Waals surface area contributed by atoms with Gasteiger partial charge < -0.3 is 0 Å². The zero-order valence-corrected chi connectivity index (χ0v) is 36.4. The zero-order valence-electron chi connectivity index (χ0n) is 33.1. The fourth-order valence-electron chi connectivity index (χ4n) is 8.67. The fraction of sp³-hybridized carbons (Fsp3) is 0.478. The Balaban J connectivity index is 1.78. The van der Waals surface area contributed by atoms with Gasteiger partial charge in [0, 0.05) is 0 Å². The Labute approximate surface area is 323 Å². The van der Waals surface area contributed by atoms with Crippen molar-refractivity contribution in [1.29, 1.82) is 0 Å². The van der Waals surface area contributed by atoms with Gasteiger partial charge in [-0.3, -0.25) is 0 Å². The van der Waals surface area contributed by atoms with E-state index in [1.165, 1.54) is 52.2 Å². The van der Waals surface area contributed by atoms with E-state index in [9.17, 15) is 8.42 Å². The standard InChI is InChI=1S/C21H28P.C12H10N.2C6H11.CH4O3S.Pd/c1-13(2)16-11-18(14(3)4)21(19(12-16)15(5)6)17-9-7-8-10-20(17)22;13-12-9-5-4-8-11(12)10-6-2-1-3-7-10;2*1-2-4-6-5-3-1;1-5(2,3)4;/h7-15,22H,1-6H3;1-6,8-9H,13H2;2*1H,2-6H2;1H3,(H,2,3,4);/q-1;;;;;+2/p-1. The molecule has 1 unspecified atom stereocenters. The second kappa shape index (κ2) is 16.4. The Morgan fingerprint density at radius 3 is 1.60 bits per heavy atom. The molecule has 4 nitrogen and oxygen atoms in total. The minimum absolute atomic E-state index is 0.158. The summed E-state index contributed by atoms with van der Waals surface area (Å²) in [5.74, 6) is 1.06. The van der Waals surface area contributed by atoms with Gasteiger partial charge in [0.05, 0.1) is 0 Å². The van der Waals surface area contributed by atoms with Crippen LogP contribution in [0.1, 0.15) is 140 Å². The van der Waals surface area contributed by atoms with Gasteiger partial charge in [-0.2, -0.15) is 0 Å². The van der Waals surface area contributed by atoms with Gasteiger partial charge in [0.15, 0.2) is 0 Å². The Morgan fingerprint density at radius 1 is 0.642 bits per heavy atom. The molecule has 0 aliphatic heterocycles. The Hall–Kier alpha value is -2.32. The van der Waals surface area contributed by atoms with Crippen molar-refractivity contribution in [2.45, 2.75) is 132 Å². The molecule has 4 aromatic rings. The number of anilines is 1. The summed E-state index contributed by atoms with van der Waals surface area (Å²) in [6, 6.07) is 30.7. The molecule has 2 N–H and O–H groups in total. The van der Waals surface area contributed by atoms with Crippen LogP contribution in [0.3, 0.4) is 0 Å². The van der Waals surface area contributed by atoms with E-state index in [1.54, 1.807) is 0 Å². The Kier molecular flexibility index (Phi) is 12.5. The van der Waals surface area contributed by atoms with E-state index in [1.807, 2.05) is 12.1 Å². The average Bonchev–Trinajstić information content (AvgIpc) is 3.14. The van der Waals surface area contributed by atoms with Crippen molar-refractivity contribution in [3.05, 3.63) is 102 Å². The predicted octanol–water partition coefficient (Wildman–Crippen LogP) is 12.6. The van der Waals surface area contributed by atoms with Crippen LogP contribution in [-0.2, 0) is 27.2 Å². The Morgan fingerprint density at radius 2 is 1.11 bits per heavy atom. The van der Waals surface area contributed by atoms with Crippen molar-refractivity contribution in [3.63, 3.8) is 0 Å². The number of para-hydroxylation sites is 1. The summed E-state index contributed by atoms with van der Waals surface area (Å²) in [4.78, 5) is 0. The van der Waals surface area contributed by atoms with Crippen molar-refractivity contribution in [2.24, 2.45) is 0 Å². The Bertz CT molecular complexity index is 1960. The first-order valence-corrected chi connectivity index (χ1v) is 28.0. The number of rotatable bonds is 12. The van der Waals surface area contributed by atoms with Crippen LogP contribution in [0.5, 0.6) is 0 Å². The molecule has 4 aromatic carbocycles. The van der Waals surface area contributed by atoms with Crippen LogP contribution in [0.25, 0.3) is 22.3 Å². The van der Waals surface area contributed by atoms with Crippen LogP contribution in [0.15, 0.2) is 84.9 Å². The van der Waals surface area contributed by atoms with E-state index >= 15 is 0 Å². The second-order valence-electron chi connectivity index (χ2n) is 16.2. The minimum atomic E-state index is -4.57. The number of nitrogen functional groups attached to an aromatic ring is 1. The molecule has 1 atom stereocenters. The summed E-state index contributed by atoms with van der Waals surface area (Å²) >= 11 is -4.57. The molecule has 2 fully saturated rings. The summed E-state index contributed by atoms with van der Waals surface area (Å²) in [5.41, 5.74) is 16.3. The monoisotopic (exact) mass is 846 g/mol. The van der Waals surface area contributed by atoms with Crippen molar-refractivity contribution < 1.29 is 25.5 Å². The number of hydrogen-bond acceptors (Lipinski definition) is 4. The van der Waals surface area contributed by atoms with Crippen molar-refractivity contribution >= 4 is 31.9 Å². The molecule has 0 aromatic heterocycles. The third-order valence-corrected chi connectivity index (χ3v) is 33.6. The van der Waals surface area contributed by atoms with Crippen LogP contribution < -0.4 is 15.1 Å². The van der Waals surface area contributed by atoms with Crippen LogP contribution in [0, 0.1) is 0 Å². The molecular weight excluding hydrogens is 784 g/mol. The van der Waals surface area contributed by atoms with E-state index in [-0.39, 0.29) is 15.6 Å². The van der Waals surface area contributed by atoms with Crippen LogP contribution >= 0.6 is 6.77 Å². The zero-order chi connectivity index (χ0) is 38.0. The summed E-state index contributed by atoms with van der Waals surface area (Å²) < 4.78 is 37.7. The van der Waals surface area contributed by atoms with Gasteiger partial charge >= 0.3 is 326 Å². The third-order valence-electron chi connectivity index (χ3n) is 11.3. The first-order chi connectivity index (χ1) is 25.3. The van der Waals surface area contributed by atoms with Gasteiger partial charge in [0.25, 0.3) is 0 Å². The molecule has 0 bridgehead atoms. The molecule has 0 saturated heterocycles. The second-order valence-corrected chi connectivity index (χ2v) is 31.6. The van der Waals surface area contributed by atoms with E-state index in [4.69, 9.17) is 8.64 Å². The third kappa shape index (κ3) is 7.89. The molecule has 2 aliphatic rings. The molecule has 0 spiro atoms. The van der Waals surface area contributed by atoms with Gasteiger partial charge in [-0.25, -0.2) is 0 Å². The first kappa shape index (κ1) is 40.3. The van der Waals surface area contributed by atoms with Crippen LogP contribution in [0.4, 0.5) is 5.69 Å². The molecular formula is C46H63NO3PPdS. The average molecular weight is 847 g/mol. The first-order valence-electron chi connectivity index (χ1n) is 19.9. The van der Waals surface area contributed by atoms with Crippen LogP contribution in [-0.4, -0.2) is 14.7 Å². The van der Waals surface area contributed by atoms with Gasteiger partial charge in [-0.05, 0) is 0 Å². The molecule has 0 radical (unpaired) electrons. The molecule has 291 valence electrons. The molecule has 7 heteroatoms. The fourth-order valence-corrected chi connectivity index (χ4v) is 35.8. The molecule has 2 saturated carbocycles. The summed E-state index contributed by atoms with van der Waals surface area (Å²) in [5, 5.41) is 1.25. The number of benzene rings is 4. The molecule has 0 heterocycles. The quantitative estimate of drug-likeness (QED) is 0.0876. The summed E-state index contributed by atoms with van der Waals surface area (Å²) in [6.07, 6.45) is 12.1. The van der Waals surface area contributed by atoms with E-state index < -0.39 is 24.3 Å². The molecule has 2 aliphatic carbocycles. The SMILES string of the molecule is CC(C)c1cc(C(C)C)c(-c2ccccc2[PH][Pd]([O]S(C)(=O)=O)([c]2ccccc2-c2ccccc2N)([CH]2CCCCC2)[CH]2CCCCC2)c(C(C)C)c1. The van der Waals surface area contributed by atoms with Gasteiger partial charge in [-0.1, -0.05) is 0 Å². The van der Waals surface area contributed by atoms with Crippen molar-refractivity contribution in [1.82, 2.24) is 0 Å². The van der Waals surface area contributed by atoms with E-state index in [0.29, 0.717) is 23.4 Å². The van der Waals surface area contributed by atoms with Crippen molar-refractivity contribution in [2.75, 3.05) is 12.0 Å². The summed E-state index contributed by atoms with van der Waals surface area (Å²) in [6.45, 7) is 14.0. The number of nitrogens with two attached hydrogens (primary N) is 1. The van der Waals surface area contributed by atoms with Crippen LogP contribution in [0.2, 0.25) is 8.78 Å². The predicted molar refractivity (Wildman–Crippen MR) is 228 cm³/mol. The molecule has 53 heavy (non-hydrogen) atoms. The topological polar surface area (TPSA) is 69.4 Å². The normalized spacial score (nSPS) is 17.6. The van der Waals surface area contributed by atoms with E-state index in [0.717, 1.165) is 66.5 Å². The van der Waals surface area contributed by atoms with Gasteiger partial charge in [-0.15, -0.1) is 0 Å². The maximum atomic E-state index is 14.4. The van der Waals surface area contributed by atoms with Gasteiger partial charge in [0.1, 0.15) is 0 Å². The summed E-state index contributed by atoms with van der Waals surface area (Å²) in [7, 11) is -3.90.